The van der Waals surface area contributed by atoms with Crippen LogP contribution in [0.2, 0.25) is 0 Å². The van der Waals surface area contributed by atoms with Gasteiger partial charge in [0.05, 0.1) is 18.6 Å². The highest BCUT2D eigenvalue weighted by Crippen LogP contribution is 2.36. The topological polar surface area (TPSA) is 73.9 Å². The van der Waals surface area contributed by atoms with Crippen molar-refractivity contribution in [1.29, 1.82) is 0 Å². The number of esters is 1. The summed E-state index contributed by atoms with van der Waals surface area (Å²) in [6.07, 6.45) is 1.96. The van der Waals surface area contributed by atoms with Crippen LogP contribution in [0.4, 0.5) is 5.69 Å². The monoisotopic (exact) mass is 411 g/mol. The average Bonchev–Trinajstić information content (AvgIpc) is 2.80. The van der Waals surface area contributed by atoms with E-state index in [0.717, 1.165) is 12.0 Å². The lowest BCUT2D eigenvalue weighted by Crippen LogP contribution is -2.44. The van der Waals surface area contributed by atoms with Crippen LogP contribution in [-0.2, 0) is 19.7 Å². The Balaban J connectivity index is 1.90. The van der Waals surface area contributed by atoms with Crippen LogP contribution in [0.1, 0.15) is 49.0 Å². The summed E-state index contributed by atoms with van der Waals surface area (Å²) in [4.78, 5) is 25.7. The van der Waals surface area contributed by atoms with Crippen LogP contribution < -0.4 is 10.1 Å². The van der Waals surface area contributed by atoms with Gasteiger partial charge in [0.1, 0.15) is 11.3 Å². The van der Waals surface area contributed by atoms with Gasteiger partial charge in [0, 0.05) is 18.9 Å². The van der Waals surface area contributed by atoms with E-state index >= 15 is 0 Å². The molecule has 2 aromatic rings. The van der Waals surface area contributed by atoms with Gasteiger partial charge in [-0.2, -0.15) is 0 Å². The number of amides is 1. The summed E-state index contributed by atoms with van der Waals surface area (Å²) < 4.78 is 16.3. The first-order valence-corrected chi connectivity index (χ1v) is 10.3. The molecule has 0 aromatic heterocycles. The van der Waals surface area contributed by atoms with Gasteiger partial charge < -0.3 is 19.5 Å². The van der Waals surface area contributed by atoms with Crippen molar-refractivity contribution < 1.29 is 23.8 Å². The average molecular weight is 411 g/mol. The second-order valence-electron chi connectivity index (χ2n) is 7.55. The van der Waals surface area contributed by atoms with E-state index in [9.17, 15) is 9.59 Å². The molecule has 2 aromatic carbocycles. The zero-order chi connectivity index (χ0) is 21.6. The Morgan fingerprint density at radius 2 is 1.83 bits per heavy atom. The Bertz CT molecular complexity index is 874. The first-order chi connectivity index (χ1) is 14.5. The summed E-state index contributed by atoms with van der Waals surface area (Å²) in [6, 6.07) is 14.8. The van der Waals surface area contributed by atoms with E-state index in [1.165, 1.54) is 7.11 Å². The number of benzene rings is 2. The Morgan fingerprint density at radius 3 is 2.47 bits per heavy atom. The Kier molecular flexibility index (Phi) is 7.11. The minimum absolute atomic E-state index is 0.0440. The van der Waals surface area contributed by atoms with Gasteiger partial charge in [-0.3, -0.25) is 4.79 Å². The number of methoxy groups -OCH3 is 1. The van der Waals surface area contributed by atoms with Crippen LogP contribution in [0.25, 0.3) is 0 Å². The third-order valence-electron chi connectivity index (χ3n) is 5.65. The van der Waals surface area contributed by atoms with E-state index in [4.69, 9.17) is 14.2 Å². The van der Waals surface area contributed by atoms with Crippen molar-refractivity contribution in [3.05, 3.63) is 59.7 Å². The fraction of sp³-hybridized carbons (Fsp3) is 0.417. The third-order valence-corrected chi connectivity index (χ3v) is 5.65. The van der Waals surface area contributed by atoms with Crippen LogP contribution in [0.5, 0.6) is 5.75 Å². The predicted molar refractivity (Wildman–Crippen MR) is 115 cm³/mol. The summed E-state index contributed by atoms with van der Waals surface area (Å²) in [7, 11) is 1.33. The first kappa shape index (κ1) is 21.8. The highest BCUT2D eigenvalue weighted by Gasteiger charge is 2.41. The number of rotatable bonds is 7. The number of hydrogen-bond donors (Lipinski definition) is 1. The van der Waals surface area contributed by atoms with Gasteiger partial charge in [-0.15, -0.1) is 0 Å². The lowest BCUT2D eigenvalue weighted by Gasteiger charge is -2.36. The smallest absolute Gasteiger partial charge is 0.341 e. The van der Waals surface area contributed by atoms with Gasteiger partial charge in [-0.25, -0.2) is 4.79 Å². The second-order valence-corrected chi connectivity index (χ2v) is 7.55. The Morgan fingerprint density at radius 1 is 1.13 bits per heavy atom. The Labute approximate surface area is 177 Å². The van der Waals surface area contributed by atoms with Crippen LogP contribution in [0.15, 0.2) is 48.5 Å². The molecule has 0 unspecified atom stereocenters. The highest BCUT2D eigenvalue weighted by atomic mass is 16.5. The molecule has 1 saturated heterocycles. The molecule has 1 aliphatic rings. The summed E-state index contributed by atoms with van der Waals surface area (Å²) in [5, 5.41) is 3.01. The number of carbonyl (C=O) groups excluding carboxylic acids is 2. The minimum Gasteiger partial charge on any atom is -0.490 e. The fourth-order valence-electron chi connectivity index (χ4n) is 3.65. The first-order valence-electron chi connectivity index (χ1n) is 10.3. The predicted octanol–water partition coefficient (Wildman–Crippen LogP) is 4.34. The second kappa shape index (κ2) is 9.76. The molecule has 1 N–H and O–H groups in total. The van der Waals surface area contributed by atoms with Crippen LogP contribution in [0.3, 0.4) is 0 Å². The quantitative estimate of drug-likeness (QED) is 0.686. The van der Waals surface area contributed by atoms with E-state index in [0.29, 0.717) is 37.5 Å². The van der Waals surface area contributed by atoms with E-state index in [2.05, 4.69) is 5.32 Å². The van der Waals surface area contributed by atoms with Crippen molar-refractivity contribution in [2.45, 2.75) is 44.6 Å². The molecule has 1 fully saturated rings. The number of carbonyl (C=O) groups is 2. The molecule has 1 amide bonds. The molecule has 1 heterocycles. The van der Waals surface area contributed by atoms with E-state index < -0.39 is 11.4 Å². The lowest BCUT2D eigenvalue weighted by molar-refractivity contribution is -0.125. The Hall–Kier alpha value is -2.86. The molecule has 6 nitrogen and oxygen atoms in total. The molecule has 160 valence electrons. The highest BCUT2D eigenvalue weighted by molar-refractivity contribution is 6.01. The standard InChI is InChI=1S/C24H29NO5/c1-4-17(2)30-21-11-10-19(16-20(21)22(26)28-3)25-23(27)24(12-14-29-15-13-24)18-8-6-5-7-9-18/h5-11,16-17H,4,12-15H2,1-3H3,(H,25,27)/t17-/m0/s1. The summed E-state index contributed by atoms with van der Waals surface area (Å²) in [5.41, 5.74) is 1.11. The van der Waals surface area contributed by atoms with Gasteiger partial charge >= 0.3 is 5.97 Å². The van der Waals surface area contributed by atoms with Crippen LogP contribution >= 0.6 is 0 Å². The van der Waals surface area contributed by atoms with Gasteiger partial charge in [-0.1, -0.05) is 37.3 Å². The van der Waals surface area contributed by atoms with Crippen molar-refractivity contribution in [1.82, 2.24) is 0 Å². The van der Waals surface area contributed by atoms with Crippen LogP contribution in [0, 0.1) is 0 Å². The van der Waals surface area contributed by atoms with E-state index in [1.54, 1.807) is 18.2 Å². The van der Waals surface area contributed by atoms with Gasteiger partial charge in [0.15, 0.2) is 0 Å². The fourth-order valence-corrected chi connectivity index (χ4v) is 3.65. The zero-order valence-electron chi connectivity index (χ0n) is 17.8. The molecule has 1 aliphatic heterocycles. The molecule has 3 rings (SSSR count). The maximum Gasteiger partial charge on any atom is 0.341 e. The molecule has 6 heteroatoms. The maximum atomic E-state index is 13.4. The van der Waals surface area contributed by atoms with Crippen molar-refractivity contribution in [2.75, 3.05) is 25.6 Å². The normalized spacial score (nSPS) is 16.4. The van der Waals surface area contributed by atoms with Crippen LogP contribution in [-0.4, -0.2) is 38.3 Å². The van der Waals surface area contributed by atoms with Crippen molar-refractivity contribution in [3.63, 3.8) is 0 Å². The van der Waals surface area contributed by atoms with Gasteiger partial charge in [0.25, 0.3) is 0 Å². The maximum absolute atomic E-state index is 13.4. The molecule has 0 aliphatic carbocycles. The largest absolute Gasteiger partial charge is 0.490 e. The number of hydrogen-bond acceptors (Lipinski definition) is 5. The molecule has 0 spiro atoms. The van der Waals surface area contributed by atoms with Gasteiger partial charge in [0.2, 0.25) is 5.91 Å². The molecule has 0 radical (unpaired) electrons. The zero-order valence-corrected chi connectivity index (χ0v) is 17.8. The molecular weight excluding hydrogens is 382 g/mol. The van der Waals surface area contributed by atoms with E-state index in [-0.39, 0.29) is 17.6 Å². The number of ether oxygens (including phenoxy) is 3. The van der Waals surface area contributed by atoms with Crippen molar-refractivity contribution in [2.24, 2.45) is 0 Å². The molecule has 30 heavy (non-hydrogen) atoms. The molecule has 0 bridgehead atoms. The van der Waals surface area contributed by atoms with Crippen molar-refractivity contribution >= 4 is 17.6 Å². The number of anilines is 1. The van der Waals surface area contributed by atoms with Gasteiger partial charge in [-0.05, 0) is 49.9 Å². The summed E-state index contributed by atoms with van der Waals surface area (Å²) in [6.45, 7) is 4.99. The summed E-state index contributed by atoms with van der Waals surface area (Å²) in [5.74, 6) is -0.172. The number of nitrogens with one attached hydrogen (secondary N) is 1. The van der Waals surface area contributed by atoms with E-state index in [1.807, 2.05) is 44.2 Å². The minimum atomic E-state index is -0.670. The summed E-state index contributed by atoms with van der Waals surface area (Å²) >= 11 is 0. The molecule has 1 atom stereocenters. The molecule has 0 saturated carbocycles. The third kappa shape index (κ3) is 4.65. The molecular formula is C24H29NO5. The van der Waals surface area contributed by atoms with Crippen molar-refractivity contribution in [3.8, 4) is 5.75 Å². The SMILES string of the molecule is CC[C@H](C)Oc1ccc(NC(=O)C2(c3ccccc3)CCOCC2)cc1C(=O)OC. The lowest BCUT2D eigenvalue weighted by atomic mass is 9.73.